The number of imidazole rings is 1. The third-order valence-corrected chi connectivity index (χ3v) is 5.73. The lowest BCUT2D eigenvalue weighted by molar-refractivity contribution is 0.265. The summed E-state index contributed by atoms with van der Waals surface area (Å²) in [6, 6.07) is 7.41. The number of hydrogen-bond acceptors (Lipinski definition) is 6. The van der Waals surface area contributed by atoms with Crippen molar-refractivity contribution in [3.05, 3.63) is 51.6 Å². The Hall–Kier alpha value is -2.58. The van der Waals surface area contributed by atoms with Crippen LogP contribution in [0.2, 0.25) is 0 Å². The first-order valence-electron chi connectivity index (χ1n) is 7.92. The van der Waals surface area contributed by atoms with E-state index < -0.39 is 0 Å². The topological polar surface area (TPSA) is 68.0 Å². The molecule has 1 fully saturated rings. The summed E-state index contributed by atoms with van der Waals surface area (Å²) in [6.07, 6.45) is 1.97. The molecule has 0 unspecified atom stereocenters. The zero-order chi connectivity index (χ0) is 18.3. The van der Waals surface area contributed by atoms with Crippen molar-refractivity contribution in [2.24, 2.45) is 4.99 Å². The summed E-state index contributed by atoms with van der Waals surface area (Å²) in [7, 11) is 1.61. The van der Waals surface area contributed by atoms with Crippen molar-refractivity contribution in [2.45, 2.75) is 13.8 Å². The van der Waals surface area contributed by atoms with E-state index in [4.69, 9.17) is 4.74 Å². The predicted octanol–water partition coefficient (Wildman–Crippen LogP) is 4.55. The Morgan fingerprint density at radius 1 is 1.35 bits per heavy atom. The third-order valence-electron chi connectivity index (χ3n) is 3.97. The van der Waals surface area contributed by atoms with E-state index in [9.17, 15) is 4.79 Å². The lowest BCUT2D eigenvalue weighted by atomic mass is 10.3. The van der Waals surface area contributed by atoms with Gasteiger partial charge in [0, 0.05) is 17.1 Å². The molecule has 0 saturated carbocycles. The molecule has 26 heavy (non-hydrogen) atoms. The largest absolute Gasteiger partial charge is 0.497 e. The van der Waals surface area contributed by atoms with Gasteiger partial charge < -0.3 is 10.1 Å². The molecule has 0 bridgehead atoms. The van der Waals surface area contributed by atoms with Crippen LogP contribution in [0.25, 0.3) is 11.0 Å². The van der Waals surface area contributed by atoms with Gasteiger partial charge in [0.15, 0.2) is 4.96 Å². The molecule has 1 saturated heterocycles. The van der Waals surface area contributed by atoms with Crippen LogP contribution in [-0.2, 0) is 0 Å². The van der Waals surface area contributed by atoms with Gasteiger partial charge in [0.2, 0.25) is 0 Å². The van der Waals surface area contributed by atoms with Gasteiger partial charge in [-0.25, -0.2) is 9.98 Å². The van der Waals surface area contributed by atoms with Gasteiger partial charge in [0.25, 0.3) is 5.24 Å². The number of rotatable bonds is 3. The molecule has 3 aromatic rings. The fraction of sp³-hybridized carbons (Fsp3) is 0.167. The Morgan fingerprint density at radius 2 is 2.19 bits per heavy atom. The van der Waals surface area contributed by atoms with Crippen LogP contribution in [0.3, 0.4) is 0 Å². The highest BCUT2D eigenvalue weighted by Gasteiger charge is 2.25. The minimum Gasteiger partial charge on any atom is -0.497 e. The van der Waals surface area contributed by atoms with Crippen molar-refractivity contribution >= 4 is 50.9 Å². The first-order valence-corrected chi connectivity index (χ1v) is 9.61. The van der Waals surface area contributed by atoms with E-state index in [1.165, 1.54) is 0 Å². The lowest BCUT2D eigenvalue weighted by Gasteiger charge is -2.03. The van der Waals surface area contributed by atoms with Crippen LogP contribution in [0.5, 0.6) is 5.75 Å². The van der Waals surface area contributed by atoms with E-state index in [0.29, 0.717) is 5.84 Å². The Labute approximate surface area is 158 Å². The molecule has 3 heterocycles. The number of aryl methyl sites for hydroxylation is 2. The summed E-state index contributed by atoms with van der Waals surface area (Å²) >= 11 is 2.74. The first-order chi connectivity index (χ1) is 12.5. The molecule has 1 aliphatic rings. The maximum atomic E-state index is 12.0. The standard InChI is InChI=1S/C18H16N4O2S2/c1-10-9-25-17-19-11(2)14(22(10)17)8-15-16(21-18(23)26-15)20-12-5-4-6-13(7-12)24-3/h4-9H,1-3H3,(H,20,21,23). The van der Waals surface area contributed by atoms with E-state index in [1.807, 2.05) is 44.2 Å². The SMILES string of the molecule is COc1cccc(N=C2NC(=O)SC2=Cc2c(C)nc3scc(C)n23)c1. The molecule has 8 heteroatoms. The second-order valence-electron chi connectivity index (χ2n) is 5.76. The summed E-state index contributed by atoms with van der Waals surface area (Å²) in [4.78, 5) is 22.9. The molecule has 1 aromatic carbocycles. The first kappa shape index (κ1) is 16.9. The monoisotopic (exact) mass is 384 g/mol. The molecule has 132 valence electrons. The Bertz CT molecular complexity index is 1080. The highest BCUT2D eigenvalue weighted by atomic mass is 32.2. The summed E-state index contributed by atoms with van der Waals surface area (Å²) in [5.74, 6) is 1.26. The number of fused-ring (bicyclic) bond motifs is 1. The van der Waals surface area contributed by atoms with Crippen LogP contribution in [0.4, 0.5) is 10.5 Å². The number of ether oxygens (including phenoxy) is 1. The highest BCUT2D eigenvalue weighted by Crippen LogP contribution is 2.31. The summed E-state index contributed by atoms with van der Waals surface area (Å²) in [5.41, 5.74) is 3.73. The number of carbonyl (C=O) groups excluding carboxylic acids is 1. The second-order valence-corrected chi connectivity index (χ2v) is 7.61. The molecule has 1 amide bonds. The van der Waals surface area contributed by atoms with Crippen LogP contribution in [-0.4, -0.2) is 27.6 Å². The van der Waals surface area contributed by atoms with Crippen LogP contribution < -0.4 is 10.1 Å². The van der Waals surface area contributed by atoms with Crippen molar-refractivity contribution < 1.29 is 9.53 Å². The number of nitrogens with zero attached hydrogens (tertiary/aromatic N) is 3. The number of thioether (sulfide) groups is 1. The smallest absolute Gasteiger partial charge is 0.289 e. The predicted molar refractivity (Wildman–Crippen MR) is 107 cm³/mol. The van der Waals surface area contributed by atoms with E-state index in [0.717, 1.165) is 50.1 Å². The number of aromatic nitrogens is 2. The summed E-state index contributed by atoms with van der Waals surface area (Å²) in [5, 5.41) is 4.75. The minimum atomic E-state index is -0.140. The summed E-state index contributed by atoms with van der Waals surface area (Å²) < 4.78 is 7.33. The van der Waals surface area contributed by atoms with E-state index >= 15 is 0 Å². The van der Waals surface area contributed by atoms with Crippen LogP contribution in [0, 0.1) is 13.8 Å². The third kappa shape index (κ3) is 3.02. The number of carbonyl (C=O) groups is 1. The van der Waals surface area contributed by atoms with E-state index in [2.05, 4.69) is 25.1 Å². The number of hydrogen-bond donors (Lipinski definition) is 1. The van der Waals surface area contributed by atoms with E-state index in [-0.39, 0.29) is 5.24 Å². The van der Waals surface area contributed by atoms with Gasteiger partial charge in [-0.2, -0.15) is 0 Å². The van der Waals surface area contributed by atoms with Crippen molar-refractivity contribution in [1.82, 2.24) is 14.7 Å². The molecular weight excluding hydrogens is 368 g/mol. The molecule has 0 spiro atoms. The molecule has 1 aliphatic heterocycles. The highest BCUT2D eigenvalue weighted by molar-refractivity contribution is 8.18. The van der Waals surface area contributed by atoms with Gasteiger partial charge in [0.1, 0.15) is 11.6 Å². The lowest BCUT2D eigenvalue weighted by Crippen LogP contribution is -2.18. The molecule has 6 nitrogen and oxygen atoms in total. The van der Waals surface area contributed by atoms with Crippen LogP contribution in [0.15, 0.2) is 39.5 Å². The fourth-order valence-corrected chi connectivity index (χ4v) is 4.37. The Kier molecular flexibility index (Phi) is 4.29. The van der Waals surface area contributed by atoms with Gasteiger partial charge in [-0.1, -0.05) is 6.07 Å². The number of aliphatic imine (C=N–C) groups is 1. The number of benzene rings is 1. The Morgan fingerprint density at radius 3 is 3.00 bits per heavy atom. The molecule has 1 N–H and O–H groups in total. The number of methoxy groups -OCH3 is 1. The van der Waals surface area contributed by atoms with Crippen molar-refractivity contribution in [3.63, 3.8) is 0 Å². The average molecular weight is 384 g/mol. The van der Waals surface area contributed by atoms with Crippen LogP contribution >= 0.6 is 23.1 Å². The molecule has 0 atom stereocenters. The number of nitrogens with one attached hydrogen (secondary N) is 1. The number of amidine groups is 1. The van der Waals surface area contributed by atoms with Gasteiger partial charge in [-0.05, 0) is 43.8 Å². The minimum absolute atomic E-state index is 0.140. The normalized spacial score (nSPS) is 17.4. The van der Waals surface area contributed by atoms with Crippen LogP contribution in [0.1, 0.15) is 17.1 Å². The molecule has 0 aliphatic carbocycles. The molecule has 4 rings (SSSR count). The zero-order valence-corrected chi connectivity index (χ0v) is 16.1. The maximum Gasteiger partial charge on any atom is 0.289 e. The van der Waals surface area contributed by atoms with Crippen molar-refractivity contribution in [3.8, 4) is 5.75 Å². The molecule has 0 radical (unpaired) electrons. The van der Waals surface area contributed by atoms with Crippen molar-refractivity contribution in [1.29, 1.82) is 0 Å². The maximum absolute atomic E-state index is 12.0. The van der Waals surface area contributed by atoms with Gasteiger partial charge in [-0.15, -0.1) is 11.3 Å². The number of amides is 1. The molecule has 2 aromatic heterocycles. The van der Waals surface area contributed by atoms with E-state index in [1.54, 1.807) is 18.4 Å². The van der Waals surface area contributed by atoms with Gasteiger partial charge >= 0.3 is 0 Å². The summed E-state index contributed by atoms with van der Waals surface area (Å²) in [6.45, 7) is 4.02. The average Bonchev–Trinajstić information content (AvgIpc) is 3.25. The fourth-order valence-electron chi connectivity index (χ4n) is 2.74. The zero-order valence-electron chi connectivity index (χ0n) is 14.4. The quantitative estimate of drug-likeness (QED) is 0.719. The molecular formula is C18H16N4O2S2. The number of thiazole rings is 1. The van der Waals surface area contributed by atoms with Gasteiger partial charge in [0.05, 0.1) is 29.1 Å². The van der Waals surface area contributed by atoms with Gasteiger partial charge in [-0.3, -0.25) is 9.20 Å². The second kappa shape index (κ2) is 6.62. The van der Waals surface area contributed by atoms with Crippen molar-refractivity contribution in [2.75, 3.05) is 7.11 Å². The Balaban J connectivity index is 1.79.